The molecule has 2 rings (SSSR count). The highest BCUT2D eigenvalue weighted by molar-refractivity contribution is 5.32. The van der Waals surface area contributed by atoms with Crippen molar-refractivity contribution in [3.8, 4) is 0 Å². The van der Waals surface area contributed by atoms with Crippen molar-refractivity contribution in [1.82, 2.24) is 5.32 Å². The first-order valence-corrected chi connectivity index (χ1v) is 7.02. The lowest BCUT2D eigenvalue weighted by Crippen LogP contribution is -2.27. The number of aryl methyl sites for hydroxylation is 1. The smallest absolute Gasteiger partial charge is 0.372 e. The van der Waals surface area contributed by atoms with Gasteiger partial charge in [-0.2, -0.15) is 13.2 Å². The maximum atomic E-state index is 11.9. The number of rotatable bonds is 6. The standard InChI is InChI=1S/C15H20F3NO/c16-15(17,18)11-20-10-4-9-19-14-8-3-6-12-5-1-2-7-13(12)14/h1-2,5,7,14,19H,3-4,6,8-11H2. The molecule has 0 aromatic heterocycles. The Morgan fingerprint density at radius 3 is 2.85 bits per heavy atom. The summed E-state index contributed by atoms with van der Waals surface area (Å²) >= 11 is 0. The van der Waals surface area contributed by atoms with E-state index in [0.29, 0.717) is 19.0 Å². The van der Waals surface area contributed by atoms with Gasteiger partial charge in [0.25, 0.3) is 0 Å². The van der Waals surface area contributed by atoms with E-state index in [2.05, 4.69) is 22.2 Å². The summed E-state index contributed by atoms with van der Waals surface area (Å²) in [5, 5.41) is 3.41. The average Bonchev–Trinajstić information content (AvgIpc) is 2.41. The zero-order chi connectivity index (χ0) is 14.4. The van der Waals surface area contributed by atoms with Crippen LogP contribution in [-0.2, 0) is 11.2 Å². The van der Waals surface area contributed by atoms with E-state index in [0.717, 1.165) is 19.3 Å². The number of hydrogen-bond acceptors (Lipinski definition) is 2. The van der Waals surface area contributed by atoms with E-state index < -0.39 is 12.8 Å². The number of benzene rings is 1. The van der Waals surface area contributed by atoms with E-state index in [9.17, 15) is 13.2 Å². The molecule has 0 fully saturated rings. The summed E-state index contributed by atoms with van der Waals surface area (Å²) < 4.78 is 40.2. The minimum Gasteiger partial charge on any atom is -0.372 e. The van der Waals surface area contributed by atoms with E-state index in [1.54, 1.807) is 0 Å². The first-order valence-electron chi connectivity index (χ1n) is 7.02. The fourth-order valence-electron chi connectivity index (χ4n) is 2.60. The van der Waals surface area contributed by atoms with Gasteiger partial charge in [0.05, 0.1) is 0 Å². The van der Waals surface area contributed by atoms with Crippen molar-refractivity contribution in [3.05, 3.63) is 35.4 Å². The molecule has 0 heterocycles. The molecule has 0 saturated carbocycles. The maximum Gasteiger partial charge on any atom is 0.411 e. The van der Waals surface area contributed by atoms with Crippen LogP contribution in [0.4, 0.5) is 13.2 Å². The third-order valence-corrected chi connectivity index (χ3v) is 3.49. The molecule has 2 nitrogen and oxygen atoms in total. The lowest BCUT2D eigenvalue weighted by Gasteiger charge is -2.26. The van der Waals surface area contributed by atoms with Crippen LogP contribution in [0, 0.1) is 0 Å². The molecule has 5 heteroatoms. The second kappa shape index (κ2) is 7.09. The Hall–Kier alpha value is -1.07. The molecular formula is C15H20F3NO. The van der Waals surface area contributed by atoms with Crippen molar-refractivity contribution in [3.63, 3.8) is 0 Å². The summed E-state index contributed by atoms with van der Waals surface area (Å²) in [6, 6.07) is 8.68. The van der Waals surface area contributed by atoms with Gasteiger partial charge < -0.3 is 10.1 Å². The monoisotopic (exact) mass is 287 g/mol. The van der Waals surface area contributed by atoms with Crippen molar-refractivity contribution in [2.45, 2.75) is 37.9 Å². The summed E-state index contributed by atoms with van der Waals surface area (Å²) in [5.41, 5.74) is 2.71. The molecule has 20 heavy (non-hydrogen) atoms. The van der Waals surface area contributed by atoms with Crippen LogP contribution in [-0.4, -0.2) is 25.9 Å². The summed E-state index contributed by atoms with van der Waals surface area (Å²) in [6.07, 6.45) is -0.285. The molecule has 1 atom stereocenters. The fraction of sp³-hybridized carbons (Fsp3) is 0.600. The van der Waals surface area contributed by atoms with Gasteiger partial charge in [-0.05, 0) is 43.4 Å². The van der Waals surface area contributed by atoms with Gasteiger partial charge in [0.2, 0.25) is 0 Å². The molecule has 1 aliphatic rings. The first-order chi connectivity index (χ1) is 9.56. The molecule has 112 valence electrons. The van der Waals surface area contributed by atoms with Gasteiger partial charge in [-0.1, -0.05) is 24.3 Å². The van der Waals surface area contributed by atoms with E-state index in [1.807, 2.05) is 12.1 Å². The lowest BCUT2D eigenvalue weighted by molar-refractivity contribution is -0.173. The Morgan fingerprint density at radius 2 is 2.05 bits per heavy atom. The molecule has 1 unspecified atom stereocenters. The number of fused-ring (bicyclic) bond motifs is 1. The Labute approximate surface area is 117 Å². The Morgan fingerprint density at radius 1 is 1.25 bits per heavy atom. The Kier molecular flexibility index (Phi) is 5.43. The second-order valence-corrected chi connectivity index (χ2v) is 5.12. The van der Waals surface area contributed by atoms with E-state index >= 15 is 0 Å². The normalized spacial score (nSPS) is 18.9. The van der Waals surface area contributed by atoms with Crippen molar-refractivity contribution >= 4 is 0 Å². The first kappa shape index (κ1) is 15.3. The summed E-state index contributed by atoms with van der Waals surface area (Å²) in [7, 11) is 0. The topological polar surface area (TPSA) is 21.3 Å². The predicted molar refractivity (Wildman–Crippen MR) is 71.6 cm³/mol. The molecule has 0 bridgehead atoms. The van der Waals surface area contributed by atoms with Gasteiger partial charge in [-0.3, -0.25) is 0 Å². The number of hydrogen-bond donors (Lipinski definition) is 1. The van der Waals surface area contributed by atoms with Gasteiger partial charge in [0.15, 0.2) is 0 Å². The van der Waals surface area contributed by atoms with Crippen LogP contribution in [0.25, 0.3) is 0 Å². The van der Waals surface area contributed by atoms with Crippen molar-refractivity contribution < 1.29 is 17.9 Å². The van der Waals surface area contributed by atoms with Crippen LogP contribution < -0.4 is 5.32 Å². The average molecular weight is 287 g/mol. The Bertz CT molecular complexity index is 420. The highest BCUT2D eigenvalue weighted by atomic mass is 19.4. The quantitative estimate of drug-likeness (QED) is 0.807. The number of alkyl halides is 3. The molecule has 0 spiro atoms. The van der Waals surface area contributed by atoms with Gasteiger partial charge in [-0.15, -0.1) is 0 Å². The minimum atomic E-state index is -4.23. The maximum absolute atomic E-state index is 11.9. The van der Waals surface area contributed by atoms with Crippen LogP contribution in [0.2, 0.25) is 0 Å². The zero-order valence-corrected chi connectivity index (χ0v) is 11.4. The second-order valence-electron chi connectivity index (χ2n) is 5.12. The highest BCUT2D eigenvalue weighted by Gasteiger charge is 2.27. The van der Waals surface area contributed by atoms with Gasteiger partial charge in [0, 0.05) is 12.6 Å². The van der Waals surface area contributed by atoms with Crippen molar-refractivity contribution in [2.24, 2.45) is 0 Å². The highest BCUT2D eigenvalue weighted by Crippen LogP contribution is 2.29. The van der Waals surface area contributed by atoms with Gasteiger partial charge >= 0.3 is 6.18 Å². The van der Waals surface area contributed by atoms with Crippen LogP contribution >= 0.6 is 0 Å². The molecule has 0 radical (unpaired) electrons. The van der Waals surface area contributed by atoms with Gasteiger partial charge in [0.1, 0.15) is 6.61 Å². The van der Waals surface area contributed by atoms with Gasteiger partial charge in [-0.25, -0.2) is 0 Å². The molecule has 0 aliphatic heterocycles. The number of nitrogens with one attached hydrogen (secondary N) is 1. The van der Waals surface area contributed by atoms with Crippen LogP contribution in [0.1, 0.15) is 36.4 Å². The van der Waals surface area contributed by atoms with E-state index in [4.69, 9.17) is 0 Å². The Balaban J connectivity index is 1.68. The van der Waals surface area contributed by atoms with Crippen molar-refractivity contribution in [2.75, 3.05) is 19.8 Å². The van der Waals surface area contributed by atoms with Crippen LogP contribution in [0.5, 0.6) is 0 Å². The molecule has 1 aliphatic carbocycles. The molecule has 0 amide bonds. The lowest BCUT2D eigenvalue weighted by atomic mass is 9.88. The largest absolute Gasteiger partial charge is 0.411 e. The van der Waals surface area contributed by atoms with Crippen LogP contribution in [0.15, 0.2) is 24.3 Å². The van der Waals surface area contributed by atoms with Crippen LogP contribution in [0.3, 0.4) is 0 Å². The summed E-state index contributed by atoms with van der Waals surface area (Å²) in [6.45, 7) is -0.336. The number of ether oxygens (including phenoxy) is 1. The molecular weight excluding hydrogens is 267 g/mol. The summed E-state index contributed by atoms with van der Waals surface area (Å²) in [4.78, 5) is 0. The SMILES string of the molecule is FC(F)(F)COCCCNC1CCCc2ccccc21. The van der Waals surface area contributed by atoms with E-state index in [-0.39, 0.29) is 6.61 Å². The zero-order valence-electron chi connectivity index (χ0n) is 11.4. The molecule has 1 aromatic carbocycles. The molecule has 1 N–H and O–H groups in total. The summed E-state index contributed by atoms with van der Waals surface area (Å²) in [5.74, 6) is 0. The molecule has 0 saturated heterocycles. The third kappa shape index (κ3) is 4.80. The third-order valence-electron chi connectivity index (χ3n) is 3.49. The number of halogens is 3. The van der Waals surface area contributed by atoms with E-state index in [1.165, 1.54) is 11.1 Å². The molecule has 1 aromatic rings. The fourth-order valence-corrected chi connectivity index (χ4v) is 2.60. The predicted octanol–water partition coefficient (Wildman–Crippen LogP) is 3.62. The van der Waals surface area contributed by atoms with Crippen molar-refractivity contribution in [1.29, 1.82) is 0 Å². The minimum absolute atomic E-state index is 0.140.